The molecule has 1 aliphatic carbocycles. The zero-order valence-electron chi connectivity index (χ0n) is 19.5. The van der Waals surface area contributed by atoms with E-state index in [4.69, 9.17) is 0 Å². The number of nitrogens with one attached hydrogen (secondary N) is 3. The molecular formula is C26H36N4O2. The normalized spacial score (nSPS) is 15.0. The predicted molar refractivity (Wildman–Crippen MR) is 128 cm³/mol. The second-order valence-electron chi connectivity index (χ2n) is 9.04. The van der Waals surface area contributed by atoms with Gasteiger partial charge in [0, 0.05) is 25.7 Å². The summed E-state index contributed by atoms with van der Waals surface area (Å²) in [7, 11) is 2.10. The second-order valence-corrected chi connectivity index (χ2v) is 9.04. The first-order valence-electron chi connectivity index (χ1n) is 11.5. The smallest absolute Gasteiger partial charge is 0.315 e. The number of carbonyl (C=O) groups is 2. The SMILES string of the molecule is CC(C)N(C)Cc1ccccc1CNC(=O)C1(NC(=O)NCc2ccccc2)CCCC1. The van der Waals surface area contributed by atoms with Crippen molar-refractivity contribution in [2.45, 2.75) is 70.7 Å². The number of benzene rings is 2. The van der Waals surface area contributed by atoms with Gasteiger partial charge in [-0.2, -0.15) is 0 Å². The Hall–Kier alpha value is -2.86. The third-order valence-electron chi connectivity index (χ3n) is 6.40. The molecule has 6 nitrogen and oxygen atoms in total. The van der Waals surface area contributed by atoms with Crippen LogP contribution >= 0.6 is 0 Å². The van der Waals surface area contributed by atoms with Crippen molar-refractivity contribution in [1.82, 2.24) is 20.9 Å². The number of urea groups is 1. The van der Waals surface area contributed by atoms with E-state index in [0.29, 0.717) is 32.0 Å². The minimum atomic E-state index is -0.843. The summed E-state index contributed by atoms with van der Waals surface area (Å²) in [6.45, 7) is 6.05. The number of amides is 3. The van der Waals surface area contributed by atoms with Crippen molar-refractivity contribution >= 4 is 11.9 Å². The molecule has 1 aliphatic rings. The van der Waals surface area contributed by atoms with Crippen LogP contribution in [0.25, 0.3) is 0 Å². The van der Waals surface area contributed by atoms with Gasteiger partial charge < -0.3 is 16.0 Å². The van der Waals surface area contributed by atoms with E-state index in [-0.39, 0.29) is 11.9 Å². The molecule has 0 unspecified atom stereocenters. The predicted octanol–water partition coefficient (Wildman–Crippen LogP) is 3.96. The molecule has 1 saturated carbocycles. The average Bonchev–Trinajstić information content (AvgIpc) is 3.27. The lowest BCUT2D eigenvalue weighted by molar-refractivity contribution is -0.127. The molecule has 0 saturated heterocycles. The van der Waals surface area contributed by atoms with Crippen molar-refractivity contribution in [1.29, 1.82) is 0 Å². The maximum absolute atomic E-state index is 13.2. The van der Waals surface area contributed by atoms with Crippen molar-refractivity contribution in [2.24, 2.45) is 0 Å². The van der Waals surface area contributed by atoms with Gasteiger partial charge in [0.1, 0.15) is 5.54 Å². The lowest BCUT2D eigenvalue weighted by Crippen LogP contribution is -2.59. The van der Waals surface area contributed by atoms with Crippen LogP contribution in [0.4, 0.5) is 4.79 Å². The van der Waals surface area contributed by atoms with E-state index in [1.165, 1.54) is 5.56 Å². The van der Waals surface area contributed by atoms with E-state index in [9.17, 15) is 9.59 Å². The van der Waals surface area contributed by atoms with Crippen molar-refractivity contribution in [2.75, 3.05) is 7.05 Å². The van der Waals surface area contributed by atoms with Crippen LogP contribution in [0.5, 0.6) is 0 Å². The topological polar surface area (TPSA) is 73.5 Å². The van der Waals surface area contributed by atoms with Gasteiger partial charge in [-0.25, -0.2) is 4.79 Å². The molecule has 3 rings (SSSR count). The standard InChI is InChI=1S/C26H36N4O2/c1-20(2)30(3)19-23-14-8-7-13-22(23)18-27-24(31)26(15-9-10-16-26)29-25(32)28-17-21-11-5-4-6-12-21/h4-8,11-14,20H,9-10,15-19H2,1-3H3,(H,27,31)(H2,28,29,32). The average molecular weight is 437 g/mol. The highest BCUT2D eigenvalue weighted by Gasteiger charge is 2.42. The van der Waals surface area contributed by atoms with E-state index in [1.54, 1.807) is 0 Å². The Morgan fingerprint density at radius 3 is 2.19 bits per heavy atom. The summed E-state index contributed by atoms with van der Waals surface area (Å²) in [6.07, 6.45) is 3.19. The molecule has 3 amide bonds. The summed E-state index contributed by atoms with van der Waals surface area (Å²) in [5, 5.41) is 8.98. The van der Waals surface area contributed by atoms with Gasteiger partial charge in [-0.15, -0.1) is 0 Å². The molecule has 0 aromatic heterocycles. The second kappa shape index (κ2) is 11.1. The summed E-state index contributed by atoms with van der Waals surface area (Å²) in [5.74, 6) is -0.100. The van der Waals surface area contributed by atoms with Crippen molar-refractivity contribution in [3.8, 4) is 0 Å². The molecule has 3 N–H and O–H groups in total. The number of hydrogen-bond donors (Lipinski definition) is 3. The molecule has 0 heterocycles. The Balaban J connectivity index is 1.60. The summed E-state index contributed by atoms with van der Waals surface area (Å²) in [4.78, 5) is 28.1. The fourth-order valence-corrected chi connectivity index (χ4v) is 4.11. The van der Waals surface area contributed by atoms with Crippen LogP contribution in [0.2, 0.25) is 0 Å². The van der Waals surface area contributed by atoms with Gasteiger partial charge in [0.15, 0.2) is 0 Å². The Labute approximate surface area is 191 Å². The van der Waals surface area contributed by atoms with E-state index < -0.39 is 5.54 Å². The molecule has 0 spiro atoms. The fraction of sp³-hybridized carbons (Fsp3) is 0.462. The van der Waals surface area contributed by atoms with Gasteiger partial charge in [-0.05, 0) is 50.4 Å². The van der Waals surface area contributed by atoms with Crippen LogP contribution in [0.1, 0.15) is 56.2 Å². The van der Waals surface area contributed by atoms with Crippen LogP contribution in [-0.4, -0.2) is 35.5 Å². The molecule has 172 valence electrons. The lowest BCUT2D eigenvalue weighted by Gasteiger charge is -2.29. The van der Waals surface area contributed by atoms with E-state index >= 15 is 0 Å². The highest BCUT2D eigenvalue weighted by Crippen LogP contribution is 2.30. The van der Waals surface area contributed by atoms with Gasteiger partial charge in [0.05, 0.1) is 0 Å². The molecule has 2 aromatic carbocycles. The molecule has 1 fully saturated rings. The zero-order valence-corrected chi connectivity index (χ0v) is 19.5. The third-order valence-corrected chi connectivity index (χ3v) is 6.40. The van der Waals surface area contributed by atoms with Gasteiger partial charge in [-0.3, -0.25) is 9.69 Å². The maximum atomic E-state index is 13.2. The first-order chi connectivity index (χ1) is 15.4. The van der Waals surface area contributed by atoms with Gasteiger partial charge >= 0.3 is 6.03 Å². The Kier molecular flexibility index (Phi) is 8.28. The number of carbonyl (C=O) groups excluding carboxylic acids is 2. The Morgan fingerprint density at radius 1 is 0.906 bits per heavy atom. The summed E-state index contributed by atoms with van der Waals surface area (Å²) < 4.78 is 0. The monoisotopic (exact) mass is 436 g/mol. The quantitative estimate of drug-likeness (QED) is 0.557. The van der Waals surface area contributed by atoms with E-state index in [2.05, 4.69) is 53.9 Å². The first kappa shape index (κ1) is 23.8. The van der Waals surface area contributed by atoms with Crippen LogP contribution < -0.4 is 16.0 Å². The Bertz CT molecular complexity index is 892. The number of nitrogens with zero attached hydrogens (tertiary/aromatic N) is 1. The summed E-state index contributed by atoms with van der Waals surface area (Å²) in [5.41, 5.74) is 2.49. The van der Waals surface area contributed by atoms with Crippen LogP contribution in [0.3, 0.4) is 0 Å². The van der Waals surface area contributed by atoms with E-state index in [0.717, 1.165) is 30.5 Å². The molecule has 0 bridgehead atoms. The maximum Gasteiger partial charge on any atom is 0.315 e. The minimum Gasteiger partial charge on any atom is -0.350 e. The molecular weight excluding hydrogens is 400 g/mol. The van der Waals surface area contributed by atoms with Gasteiger partial charge in [0.25, 0.3) is 0 Å². The van der Waals surface area contributed by atoms with Crippen LogP contribution in [0, 0.1) is 0 Å². The first-order valence-corrected chi connectivity index (χ1v) is 11.5. The number of rotatable bonds is 9. The highest BCUT2D eigenvalue weighted by atomic mass is 16.2. The van der Waals surface area contributed by atoms with Gasteiger partial charge in [-0.1, -0.05) is 67.4 Å². The van der Waals surface area contributed by atoms with Crippen molar-refractivity contribution in [3.63, 3.8) is 0 Å². The largest absolute Gasteiger partial charge is 0.350 e. The highest BCUT2D eigenvalue weighted by molar-refractivity contribution is 5.91. The van der Waals surface area contributed by atoms with Crippen LogP contribution in [-0.2, 0) is 24.4 Å². The lowest BCUT2D eigenvalue weighted by atomic mass is 9.96. The fourth-order valence-electron chi connectivity index (χ4n) is 4.11. The molecule has 0 aliphatic heterocycles. The van der Waals surface area contributed by atoms with Crippen molar-refractivity contribution in [3.05, 3.63) is 71.3 Å². The van der Waals surface area contributed by atoms with Crippen molar-refractivity contribution < 1.29 is 9.59 Å². The molecule has 32 heavy (non-hydrogen) atoms. The van der Waals surface area contributed by atoms with Crippen LogP contribution in [0.15, 0.2) is 54.6 Å². The summed E-state index contributed by atoms with van der Waals surface area (Å²) in [6, 6.07) is 18.1. The minimum absolute atomic E-state index is 0.100. The van der Waals surface area contributed by atoms with Gasteiger partial charge in [0.2, 0.25) is 5.91 Å². The molecule has 0 atom stereocenters. The van der Waals surface area contributed by atoms with E-state index in [1.807, 2.05) is 42.5 Å². The zero-order chi connectivity index (χ0) is 23.0. The Morgan fingerprint density at radius 2 is 1.53 bits per heavy atom. The molecule has 6 heteroatoms. The third kappa shape index (κ3) is 6.33. The summed E-state index contributed by atoms with van der Waals surface area (Å²) >= 11 is 0. The number of hydrogen-bond acceptors (Lipinski definition) is 3. The molecule has 0 radical (unpaired) electrons. The molecule has 2 aromatic rings.